The molecule has 7 heteroatoms. The van der Waals surface area contributed by atoms with Gasteiger partial charge in [-0.1, -0.05) is 24.3 Å². The highest BCUT2D eigenvalue weighted by atomic mass is 16.5. The van der Waals surface area contributed by atoms with Gasteiger partial charge in [-0.2, -0.15) is 5.21 Å². The second-order valence-electron chi connectivity index (χ2n) is 6.33. The number of tetrazole rings is 1. The van der Waals surface area contributed by atoms with Crippen LogP contribution in [0.5, 0.6) is 5.75 Å². The summed E-state index contributed by atoms with van der Waals surface area (Å²) in [5.41, 5.74) is 1.15. The first kappa shape index (κ1) is 16.4. The highest BCUT2D eigenvalue weighted by Gasteiger charge is 2.27. The molecule has 0 aliphatic carbocycles. The number of nitrogens with one attached hydrogen (secondary N) is 1. The molecule has 1 amide bonds. The number of aromatic nitrogens is 4. The van der Waals surface area contributed by atoms with Crippen molar-refractivity contribution < 1.29 is 9.53 Å². The number of H-pyrrole nitrogens is 1. The van der Waals surface area contributed by atoms with Crippen LogP contribution in [0.25, 0.3) is 0 Å². The average Bonchev–Trinajstić information content (AvgIpc) is 3.16. The zero-order valence-electron chi connectivity index (χ0n) is 14.1. The first-order valence-corrected chi connectivity index (χ1v) is 8.32. The van der Waals surface area contributed by atoms with Crippen LogP contribution >= 0.6 is 0 Å². The summed E-state index contributed by atoms with van der Waals surface area (Å²) in [5.74, 6) is 2.07. The van der Waals surface area contributed by atoms with Crippen molar-refractivity contribution in [2.45, 2.75) is 38.0 Å². The molecule has 1 aromatic carbocycles. The van der Waals surface area contributed by atoms with Gasteiger partial charge in [-0.25, -0.2) is 0 Å². The Morgan fingerprint density at radius 2 is 2.21 bits per heavy atom. The fraction of sp³-hybridized carbons (Fsp3) is 0.529. The minimum absolute atomic E-state index is 0.175. The lowest BCUT2D eigenvalue weighted by Crippen LogP contribution is -2.39. The van der Waals surface area contributed by atoms with Crippen LogP contribution in [0, 0.1) is 0 Å². The average molecular weight is 329 g/mol. The molecule has 1 aliphatic rings. The molecule has 2 atom stereocenters. The summed E-state index contributed by atoms with van der Waals surface area (Å²) in [7, 11) is 1.65. The smallest absolute Gasteiger partial charge is 0.223 e. The molecule has 128 valence electrons. The molecule has 1 aliphatic heterocycles. The number of piperidine rings is 1. The molecule has 0 saturated carbocycles. The van der Waals surface area contributed by atoms with E-state index in [0.717, 1.165) is 30.7 Å². The Bertz CT molecular complexity index is 656. The molecule has 7 nitrogen and oxygen atoms in total. The number of ether oxygens (including phenoxy) is 1. The highest BCUT2D eigenvalue weighted by molar-refractivity contribution is 5.77. The van der Waals surface area contributed by atoms with Gasteiger partial charge in [0, 0.05) is 25.4 Å². The van der Waals surface area contributed by atoms with E-state index in [-0.39, 0.29) is 17.7 Å². The molecule has 0 radical (unpaired) electrons. The summed E-state index contributed by atoms with van der Waals surface area (Å²) < 4.78 is 5.18. The minimum atomic E-state index is 0.175. The summed E-state index contributed by atoms with van der Waals surface area (Å²) in [5, 5.41) is 14.2. The minimum Gasteiger partial charge on any atom is -0.497 e. The van der Waals surface area contributed by atoms with Crippen molar-refractivity contribution >= 4 is 5.91 Å². The Morgan fingerprint density at radius 1 is 1.42 bits per heavy atom. The fourth-order valence-corrected chi connectivity index (χ4v) is 3.20. The number of likely N-dealkylation sites (tertiary alicyclic amines) is 1. The van der Waals surface area contributed by atoms with Crippen LogP contribution < -0.4 is 4.74 Å². The molecule has 24 heavy (non-hydrogen) atoms. The first-order chi connectivity index (χ1) is 11.7. The second-order valence-corrected chi connectivity index (χ2v) is 6.33. The van der Waals surface area contributed by atoms with E-state index >= 15 is 0 Å². The van der Waals surface area contributed by atoms with E-state index in [2.05, 4.69) is 27.5 Å². The lowest BCUT2D eigenvalue weighted by Gasteiger charge is -2.32. The number of hydrogen-bond acceptors (Lipinski definition) is 5. The molecule has 2 aromatic rings. The third-order valence-corrected chi connectivity index (χ3v) is 4.67. The predicted molar refractivity (Wildman–Crippen MR) is 88.8 cm³/mol. The molecule has 3 rings (SSSR count). The van der Waals surface area contributed by atoms with Gasteiger partial charge in [0.25, 0.3) is 0 Å². The summed E-state index contributed by atoms with van der Waals surface area (Å²) in [6.07, 6.45) is 2.48. The van der Waals surface area contributed by atoms with E-state index in [9.17, 15) is 4.79 Å². The van der Waals surface area contributed by atoms with Crippen molar-refractivity contribution in [2.24, 2.45) is 0 Å². The Labute approximate surface area is 141 Å². The van der Waals surface area contributed by atoms with Gasteiger partial charge < -0.3 is 9.64 Å². The number of amides is 1. The molecule has 0 spiro atoms. The van der Waals surface area contributed by atoms with Crippen LogP contribution in [-0.2, 0) is 4.79 Å². The lowest BCUT2D eigenvalue weighted by atomic mass is 9.94. The van der Waals surface area contributed by atoms with Crippen molar-refractivity contribution in [1.29, 1.82) is 0 Å². The molecule has 1 aromatic heterocycles. The van der Waals surface area contributed by atoms with E-state index < -0.39 is 0 Å². The molecule has 0 bridgehead atoms. The maximum Gasteiger partial charge on any atom is 0.223 e. The number of nitrogens with zero attached hydrogens (tertiary/aromatic N) is 4. The molecule has 1 N–H and O–H groups in total. The number of benzene rings is 1. The number of carbonyl (C=O) groups is 1. The largest absolute Gasteiger partial charge is 0.497 e. The van der Waals surface area contributed by atoms with Crippen LogP contribution in [0.15, 0.2) is 24.3 Å². The van der Waals surface area contributed by atoms with Crippen LogP contribution in [-0.4, -0.2) is 51.6 Å². The van der Waals surface area contributed by atoms with Crippen molar-refractivity contribution in [1.82, 2.24) is 25.5 Å². The van der Waals surface area contributed by atoms with E-state index in [4.69, 9.17) is 4.74 Å². The highest BCUT2D eigenvalue weighted by Crippen LogP contribution is 2.27. The normalized spacial score (nSPS) is 19.1. The summed E-state index contributed by atoms with van der Waals surface area (Å²) >= 11 is 0. The summed E-state index contributed by atoms with van der Waals surface area (Å²) in [4.78, 5) is 14.6. The van der Waals surface area contributed by atoms with Crippen molar-refractivity contribution in [3.05, 3.63) is 35.7 Å². The van der Waals surface area contributed by atoms with E-state index in [1.54, 1.807) is 7.11 Å². The standard InChI is InChI=1S/C17H23N5O2/c1-12(13-5-7-15(24-2)8-6-13)10-16(23)22-9-3-4-14(11-22)17-18-20-21-19-17/h5-8,12,14H,3-4,9-11H2,1-2H3,(H,18,19,20,21)/t12-,14+/m1/s1. The zero-order valence-corrected chi connectivity index (χ0v) is 14.1. The molecule has 0 unspecified atom stereocenters. The van der Waals surface area contributed by atoms with Crippen LogP contribution in [0.3, 0.4) is 0 Å². The van der Waals surface area contributed by atoms with Gasteiger partial charge in [-0.05, 0) is 36.5 Å². The second kappa shape index (κ2) is 7.42. The van der Waals surface area contributed by atoms with Gasteiger partial charge >= 0.3 is 0 Å². The van der Waals surface area contributed by atoms with Gasteiger partial charge in [0.15, 0.2) is 5.82 Å². The summed E-state index contributed by atoms with van der Waals surface area (Å²) in [6.45, 7) is 3.57. The number of carbonyl (C=O) groups excluding carboxylic acids is 1. The molecule has 2 heterocycles. The fourth-order valence-electron chi connectivity index (χ4n) is 3.20. The van der Waals surface area contributed by atoms with Crippen LogP contribution in [0.4, 0.5) is 0 Å². The third kappa shape index (κ3) is 3.72. The zero-order chi connectivity index (χ0) is 16.9. The van der Waals surface area contributed by atoms with Crippen LogP contribution in [0.2, 0.25) is 0 Å². The lowest BCUT2D eigenvalue weighted by molar-refractivity contribution is -0.132. The van der Waals surface area contributed by atoms with Crippen molar-refractivity contribution in [3.8, 4) is 5.75 Å². The van der Waals surface area contributed by atoms with Crippen molar-refractivity contribution in [2.75, 3.05) is 20.2 Å². The maximum atomic E-state index is 12.7. The van der Waals surface area contributed by atoms with E-state index in [0.29, 0.717) is 18.8 Å². The Morgan fingerprint density at radius 3 is 2.88 bits per heavy atom. The van der Waals surface area contributed by atoms with Gasteiger partial charge in [0.05, 0.1) is 7.11 Å². The Hall–Kier alpha value is -2.44. The first-order valence-electron chi connectivity index (χ1n) is 8.32. The number of hydrogen-bond donors (Lipinski definition) is 1. The Kier molecular flexibility index (Phi) is 5.08. The monoisotopic (exact) mass is 329 g/mol. The Balaban J connectivity index is 1.59. The van der Waals surface area contributed by atoms with Gasteiger partial charge in [-0.15, -0.1) is 10.2 Å². The topological polar surface area (TPSA) is 84.0 Å². The van der Waals surface area contributed by atoms with Gasteiger partial charge in [0.2, 0.25) is 5.91 Å². The molecule has 1 fully saturated rings. The quantitative estimate of drug-likeness (QED) is 0.908. The molecular formula is C17H23N5O2. The molecule has 1 saturated heterocycles. The van der Waals surface area contributed by atoms with Crippen molar-refractivity contribution in [3.63, 3.8) is 0 Å². The number of aromatic amines is 1. The number of methoxy groups -OCH3 is 1. The van der Waals surface area contributed by atoms with Gasteiger partial charge in [0.1, 0.15) is 5.75 Å². The SMILES string of the molecule is COc1ccc([C@H](C)CC(=O)N2CCC[C@H](c3nn[nH]n3)C2)cc1. The van der Waals surface area contributed by atoms with E-state index in [1.165, 1.54) is 0 Å². The van der Waals surface area contributed by atoms with Gasteiger partial charge in [-0.3, -0.25) is 4.79 Å². The maximum absolute atomic E-state index is 12.7. The summed E-state index contributed by atoms with van der Waals surface area (Å²) in [6, 6.07) is 7.91. The predicted octanol–water partition coefficient (Wildman–Crippen LogP) is 2.11. The number of rotatable bonds is 5. The molecular weight excluding hydrogens is 306 g/mol. The van der Waals surface area contributed by atoms with Crippen LogP contribution in [0.1, 0.15) is 49.4 Å². The third-order valence-electron chi connectivity index (χ3n) is 4.67. The van der Waals surface area contributed by atoms with E-state index in [1.807, 2.05) is 29.2 Å².